The highest BCUT2D eigenvalue weighted by molar-refractivity contribution is 6.06. The molecule has 0 aromatic heterocycles. The topological polar surface area (TPSA) is 38.3 Å². The summed E-state index contributed by atoms with van der Waals surface area (Å²) in [6.45, 7) is 0.302. The first kappa shape index (κ1) is 16.6. The number of nitrogens with one attached hydrogen (secondary N) is 1. The van der Waals surface area contributed by atoms with Crippen LogP contribution in [-0.2, 0) is 6.61 Å². The van der Waals surface area contributed by atoms with Gasteiger partial charge in [-0.3, -0.25) is 4.79 Å². The second kappa shape index (κ2) is 7.57. The largest absolute Gasteiger partial charge is 0.488 e. The summed E-state index contributed by atoms with van der Waals surface area (Å²) >= 11 is 0. The molecule has 0 radical (unpaired) electrons. The van der Waals surface area contributed by atoms with Crippen molar-refractivity contribution < 1.29 is 18.3 Å². The summed E-state index contributed by atoms with van der Waals surface area (Å²) in [6.07, 6.45) is 0. The first-order valence-electron chi connectivity index (χ1n) is 7.65. The van der Waals surface area contributed by atoms with Crippen LogP contribution in [0.25, 0.3) is 0 Å². The number of anilines is 1. The molecule has 0 atom stereocenters. The molecule has 5 heteroatoms. The van der Waals surface area contributed by atoms with Crippen LogP contribution in [-0.4, -0.2) is 5.91 Å². The Bertz CT molecular complexity index is 882. The summed E-state index contributed by atoms with van der Waals surface area (Å²) in [5.74, 6) is -1.70. The van der Waals surface area contributed by atoms with E-state index in [1.165, 1.54) is 6.07 Å². The number of carbonyl (C=O) groups excluding carboxylic acids is 1. The molecule has 0 heterocycles. The number of hydrogen-bond donors (Lipinski definition) is 1. The summed E-state index contributed by atoms with van der Waals surface area (Å²) in [6, 6.07) is 19.2. The molecule has 3 aromatic carbocycles. The van der Waals surface area contributed by atoms with Gasteiger partial charge < -0.3 is 10.1 Å². The molecule has 1 amide bonds. The van der Waals surface area contributed by atoms with Gasteiger partial charge in [0.2, 0.25) is 0 Å². The molecule has 3 aromatic rings. The lowest BCUT2D eigenvalue weighted by atomic mass is 10.1. The molecule has 0 bridgehead atoms. The summed E-state index contributed by atoms with van der Waals surface area (Å²) in [5.41, 5.74) is 1.13. The van der Waals surface area contributed by atoms with Gasteiger partial charge >= 0.3 is 0 Å². The van der Waals surface area contributed by atoms with Crippen molar-refractivity contribution in [1.82, 2.24) is 0 Å². The molecule has 25 heavy (non-hydrogen) atoms. The van der Waals surface area contributed by atoms with Crippen LogP contribution in [0.1, 0.15) is 15.9 Å². The van der Waals surface area contributed by atoms with Gasteiger partial charge in [0.25, 0.3) is 5.91 Å². The van der Waals surface area contributed by atoms with Gasteiger partial charge in [-0.05, 0) is 29.8 Å². The van der Waals surface area contributed by atoms with Gasteiger partial charge in [0.1, 0.15) is 24.0 Å². The highest BCUT2D eigenvalue weighted by Crippen LogP contribution is 2.22. The maximum absolute atomic E-state index is 13.7. The van der Waals surface area contributed by atoms with Gasteiger partial charge in [0.05, 0.1) is 11.3 Å². The maximum Gasteiger partial charge on any atom is 0.259 e. The number of amides is 1. The summed E-state index contributed by atoms with van der Waals surface area (Å²) in [5, 5.41) is 2.43. The molecule has 1 N–H and O–H groups in total. The maximum atomic E-state index is 13.7. The zero-order chi connectivity index (χ0) is 17.6. The highest BCUT2D eigenvalue weighted by atomic mass is 19.1. The molecule has 126 valence electrons. The zero-order valence-corrected chi connectivity index (χ0v) is 13.2. The molecule has 3 rings (SSSR count). The average Bonchev–Trinajstić information content (AvgIpc) is 2.63. The summed E-state index contributed by atoms with van der Waals surface area (Å²) in [4.78, 5) is 12.4. The predicted molar refractivity (Wildman–Crippen MR) is 91.5 cm³/mol. The Balaban J connectivity index is 1.76. The van der Waals surface area contributed by atoms with Crippen molar-refractivity contribution in [1.29, 1.82) is 0 Å². The van der Waals surface area contributed by atoms with Crippen LogP contribution in [0.5, 0.6) is 5.75 Å². The molecule has 0 fully saturated rings. The molecule has 0 unspecified atom stereocenters. The average molecular weight is 339 g/mol. The van der Waals surface area contributed by atoms with Crippen LogP contribution in [0.15, 0.2) is 72.8 Å². The van der Waals surface area contributed by atoms with E-state index in [1.54, 1.807) is 24.3 Å². The lowest BCUT2D eigenvalue weighted by Gasteiger charge is -2.12. The minimum Gasteiger partial charge on any atom is -0.488 e. The Morgan fingerprint density at radius 2 is 1.64 bits per heavy atom. The van der Waals surface area contributed by atoms with Crippen LogP contribution in [0.4, 0.5) is 14.5 Å². The molecule has 3 nitrogen and oxygen atoms in total. The Hall–Kier alpha value is -3.21. The summed E-state index contributed by atoms with van der Waals surface area (Å²) in [7, 11) is 0. The SMILES string of the molecule is O=C(Nc1ccc(F)cc1F)c1ccccc1OCc1ccccc1. The van der Waals surface area contributed by atoms with Gasteiger partial charge in [-0.1, -0.05) is 42.5 Å². The number of carbonyl (C=O) groups is 1. The highest BCUT2D eigenvalue weighted by Gasteiger charge is 2.14. The zero-order valence-electron chi connectivity index (χ0n) is 13.2. The smallest absolute Gasteiger partial charge is 0.259 e. The molecule has 0 aliphatic heterocycles. The van der Waals surface area contributed by atoms with E-state index in [-0.39, 0.29) is 11.3 Å². The molecule has 0 spiro atoms. The quantitative estimate of drug-likeness (QED) is 0.725. The van der Waals surface area contributed by atoms with E-state index in [2.05, 4.69) is 5.32 Å². The summed E-state index contributed by atoms with van der Waals surface area (Å²) < 4.78 is 32.4. The van der Waals surface area contributed by atoms with Crippen molar-refractivity contribution >= 4 is 11.6 Å². The van der Waals surface area contributed by atoms with E-state index < -0.39 is 17.5 Å². The molecular weight excluding hydrogens is 324 g/mol. The predicted octanol–water partition coefficient (Wildman–Crippen LogP) is 4.80. The van der Waals surface area contributed by atoms with Gasteiger partial charge in [0.15, 0.2) is 0 Å². The fourth-order valence-corrected chi connectivity index (χ4v) is 2.30. The minimum atomic E-state index is -0.837. The molecule has 0 aliphatic carbocycles. The third kappa shape index (κ3) is 4.20. The molecule has 0 saturated carbocycles. The van der Waals surface area contributed by atoms with Crippen molar-refractivity contribution in [3.63, 3.8) is 0 Å². The Morgan fingerprint density at radius 3 is 2.40 bits per heavy atom. The van der Waals surface area contributed by atoms with E-state index in [0.29, 0.717) is 18.4 Å². The third-order valence-corrected chi connectivity index (χ3v) is 3.55. The van der Waals surface area contributed by atoms with E-state index in [4.69, 9.17) is 4.74 Å². The second-order valence-electron chi connectivity index (χ2n) is 5.35. The van der Waals surface area contributed by atoms with Crippen LogP contribution < -0.4 is 10.1 Å². The molecule has 0 saturated heterocycles. The number of rotatable bonds is 5. The third-order valence-electron chi connectivity index (χ3n) is 3.55. The lowest BCUT2D eigenvalue weighted by molar-refractivity contribution is 0.102. The van der Waals surface area contributed by atoms with E-state index in [1.807, 2.05) is 30.3 Å². The van der Waals surface area contributed by atoms with E-state index >= 15 is 0 Å². The minimum absolute atomic E-state index is 0.0933. The fraction of sp³-hybridized carbons (Fsp3) is 0.0500. The first-order chi connectivity index (χ1) is 12.1. The van der Waals surface area contributed by atoms with Crippen LogP contribution in [0, 0.1) is 11.6 Å². The normalized spacial score (nSPS) is 10.3. The van der Waals surface area contributed by atoms with Gasteiger partial charge in [0, 0.05) is 6.07 Å². The van der Waals surface area contributed by atoms with Crippen LogP contribution in [0.2, 0.25) is 0 Å². The van der Waals surface area contributed by atoms with Crippen LogP contribution >= 0.6 is 0 Å². The number of hydrogen-bond acceptors (Lipinski definition) is 2. The standard InChI is InChI=1S/C20H15F2NO2/c21-15-10-11-18(17(22)12-15)23-20(24)16-8-4-5-9-19(16)25-13-14-6-2-1-3-7-14/h1-12H,13H2,(H,23,24). The van der Waals surface area contributed by atoms with Crippen molar-refractivity contribution in [3.8, 4) is 5.75 Å². The number of benzene rings is 3. The van der Waals surface area contributed by atoms with Crippen LogP contribution in [0.3, 0.4) is 0 Å². The first-order valence-corrected chi connectivity index (χ1v) is 7.65. The van der Waals surface area contributed by atoms with Gasteiger partial charge in [-0.25, -0.2) is 8.78 Å². The van der Waals surface area contributed by atoms with Crippen molar-refractivity contribution in [2.75, 3.05) is 5.32 Å². The fourth-order valence-electron chi connectivity index (χ4n) is 2.30. The van der Waals surface area contributed by atoms with Crippen molar-refractivity contribution in [3.05, 3.63) is 95.6 Å². The number of ether oxygens (including phenoxy) is 1. The van der Waals surface area contributed by atoms with Crippen molar-refractivity contribution in [2.24, 2.45) is 0 Å². The molecular formula is C20H15F2NO2. The van der Waals surface area contributed by atoms with E-state index in [0.717, 1.165) is 11.6 Å². The number of halogens is 2. The molecule has 0 aliphatic rings. The lowest BCUT2D eigenvalue weighted by Crippen LogP contribution is -2.14. The van der Waals surface area contributed by atoms with Gasteiger partial charge in [-0.2, -0.15) is 0 Å². The van der Waals surface area contributed by atoms with Crippen molar-refractivity contribution in [2.45, 2.75) is 6.61 Å². The Labute approximate surface area is 143 Å². The Kier molecular flexibility index (Phi) is 5.04. The Morgan fingerprint density at radius 1 is 0.920 bits per heavy atom. The monoisotopic (exact) mass is 339 g/mol. The second-order valence-corrected chi connectivity index (χ2v) is 5.35. The van der Waals surface area contributed by atoms with E-state index in [9.17, 15) is 13.6 Å². The van der Waals surface area contributed by atoms with Gasteiger partial charge in [-0.15, -0.1) is 0 Å². The number of para-hydroxylation sites is 1.